The highest BCUT2D eigenvalue weighted by molar-refractivity contribution is 7.09. The van der Waals surface area contributed by atoms with Crippen molar-refractivity contribution in [2.45, 2.75) is 19.8 Å². The molecule has 1 aromatic carbocycles. The zero-order chi connectivity index (χ0) is 17.1. The SMILES string of the molecule is Cc1nc(CCNC(=O)C2CC(=O)N(c3ccccc3F)C2)cs1. The number of nitrogens with one attached hydrogen (secondary N) is 1. The Morgan fingerprint density at radius 2 is 2.25 bits per heavy atom. The van der Waals surface area contributed by atoms with Crippen LogP contribution in [-0.2, 0) is 16.0 Å². The number of carbonyl (C=O) groups excluding carboxylic acids is 2. The lowest BCUT2D eigenvalue weighted by Crippen LogP contribution is -2.34. The quantitative estimate of drug-likeness (QED) is 0.903. The van der Waals surface area contributed by atoms with Crippen LogP contribution in [0.25, 0.3) is 0 Å². The molecule has 1 unspecified atom stereocenters. The number of aromatic nitrogens is 1. The van der Waals surface area contributed by atoms with Gasteiger partial charge >= 0.3 is 0 Å². The molecule has 1 saturated heterocycles. The molecule has 1 aliphatic rings. The molecule has 126 valence electrons. The topological polar surface area (TPSA) is 62.3 Å². The van der Waals surface area contributed by atoms with E-state index >= 15 is 0 Å². The average Bonchev–Trinajstić information content (AvgIpc) is 3.14. The molecule has 2 aromatic rings. The number of amides is 2. The van der Waals surface area contributed by atoms with Crippen LogP contribution in [0, 0.1) is 18.7 Å². The second-order valence-electron chi connectivity index (χ2n) is 5.76. The first-order valence-electron chi connectivity index (χ1n) is 7.78. The van der Waals surface area contributed by atoms with Crippen molar-refractivity contribution < 1.29 is 14.0 Å². The molecule has 0 saturated carbocycles. The minimum Gasteiger partial charge on any atom is -0.355 e. The average molecular weight is 347 g/mol. The molecule has 3 rings (SSSR count). The Morgan fingerprint density at radius 1 is 1.46 bits per heavy atom. The van der Waals surface area contributed by atoms with E-state index in [2.05, 4.69) is 10.3 Å². The molecule has 5 nitrogen and oxygen atoms in total. The molecule has 7 heteroatoms. The van der Waals surface area contributed by atoms with Crippen molar-refractivity contribution in [1.29, 1.82) is 0 Å². The van der Waals surface area contributed by atoms with E-state index in [-0.39, 0.29) is 30.5 Å². The van der Waals surface area contributed by atoms with Crippen LogP contribution in [0.2, 0.25) is 0 Å². The highest BCUT2D eigenvalue weighted by Crippen LogP contribution is 2.27. The van der Waals surface area contributed by atoms with E-state index in [1.165, 1.54) is 11.0 Å². The summed E-state index contributed by atoms with van der Waals surface area (Å²) in [6, 6.07) is 6.11. The summed E-state index contributed by atoms with van der Waals surface area (Å²) in [6.45, 7) is 2.63. The van der Waals surface area contributed by atoms with E-state index in [4.69, 9.17) is 0 Å². The highest BCUT2D eigenvalue weighted by Gasteiger charge is 2.35. The van der Waals surface area contributed by atoms with Gasteiger partial charge < -0.3 is 10.2 Å². The van der Waals surface area contributed by atoms with Crippen molar-refractivity contribution in [1.82, 2.24) is 10.3 Å². The second-order valence-corrected chi connectivity index (χ2v) is 6.82. The van der Waals surface area contributed by atoms with Crippen LogP contribution in [0.3, 0.4) is 0 Å². The standard InChI is InChI=1S/C17H18FN3O2S/c1-11-20-13(10-24-11)6-7-19-17(23)12-8-16(22)21(9-12)15-5-3-2-4-14(15)18/h2-5,10,12H,6-9H2,1H3,(H,19,23). The van der Waals surface area contributed by atoms with Crippen molar-refractivity contribution in [2.24, 2.45) is 5.92 Å². The molecule has 2 amide bonds. The normalized spacial score (nSPS) is 17.3. The molecule has 1 fully saturated rings. The number of rotatable bonds is 5. The fourth-order valence-electron chi connectivity index (χ4n) is 2.77. The minimum absolute atomic E-state index is 0.107. The number of thiazole rings is 1. The summed E-state index contributed by atoms with van der Waals surface area (Å²) >= 11 is 1.58. The summed E-state index contributed by atoms with van der Waals surface area (Å²) in [7, 11) is 0. The van der Waals surface area contributed by atoms with E-state index in [1.807, 2.05) is 12.3 Å². The maximum absolute atomic E-state index is 13.8. The van der Waals surface area contributed by atoms with Gasteiger partial charge in [-0.05, 0) is 19.1 Å². The van der Waals surface area contributed by atoms with Gasteiger partial charge in [0.25, 0.3) is 0 Å². The first-order chi connectivity index (χ1) is 11.5. The maximum Gasteiger partial charge on any atom is 0.227 e. The zero-order valence-corrected chi connectivity index (χ0v) is 14.1. The molecule has 1 N–H and O–H groups in total. The molecule has 2 heterocycles. The van der Waals surface area contributed by atoms with Gasteiger partial charge in [0.1, 0.15) is 5.82 Å². The first-order valence-corrected chi connectivity index (χ1v) is 8.66. The number of nitrogens with zero attached hydrogens (tertiary/aromatic N) is 2. The van der Waals surface area contributed by atoms with Crippen molar-refractivity contribution in [3.63, 3.8) is 0 Å². The molecule has 0 spiro atoms. The first kappa shape index (κ1) is 16.6. The monoisotopic (exact) mass is 347 g/mol. The third-order valence-electron chi connectivity index (χ3n) is 3.99. The summed E-state index contributed by atoms with van der Waals surface area (Å²) < 4.78 is 13.8. The van der Waals surface area contributed by atoms with Crippen molar-refractivity contribution >= 4 is 28.8 Å². The summed E-state index contributed by atoms with van der Waals surface area (Å²) in [5, 5.41) is 5.81. The lowest BCUT2D eigenvalue weighted by Gasteiger charge is -2.17. The van der Waals surface area contributed by atoms with E-state index in [0.29, 0.717) is 13.0 Å². The van der Waals surface area contributed by atoms with Gasteiger partial charge in [-0.1, -0.05) is 12.1 Å². The molecule has 1 atom stereocenters. The highest BCUT2D eigenvalue weighted by atomic mass is 32.1. The van der Waals surface area contributed by atoms with Crippen LogP contribution in [0.1, 0.15) is 17.1 Å². The minimum atomic E-state index is -0.453. The fourth-order valence-corrected chi connectivity index (χ4v) is 3.41. The Bertz CT molecular complexity index is 762. The van der Waals surface area contributed by atoms with Crippen LogP contribution < -0.4 is 10.2 Å². The van der Waals surface area contributed by atoms with Crippen molar-refractivity contribution in [3.05, 3.63) is 46.2 Å². The van der Waals surface area contributed by atoms with E-state index in [1.54, 1.807) is 29.5 Å². The third kappa shape index (κ3) is 3.62. The van der Waals surface area contributed by atoms with Crippen LogP contribution in [0.4, 0.5) is 10.1 Å². The molecule has 0 bridgehead atoms. The number of hydrogen-bond donors (Lipinski definition) is 1. The van der Waals surface area contributed by atoms with Gasteiger partial charge in [-0.15, -0.1) is 11.3 Å². The van der Waals surface area contributed by atoms with Gasteiger partial charge in [0.15, 0.2) is 0 Å². The molecule has 1 aromatic heterocycles. The van der Waals surface area contributed by atoms with Crippen LogP contribution in [0.15, 0.2) is 29.6 Å². The van der Waals surface area contributed by atoms with Crippen LogP contribution >= 0.6 is 11.3 Å². The van der Waals surface area contributed by atoms with E-state index < -0.39 is 11.7 Å². The van der Waals surface area contributed by atoms with E-state index in [9.17, 15) is 14.0 Å². The maximum atomic E-state index is 13.8. The van der Waals surface area contributed by atoms with Crippen LogP contribution in [0.5, 0.6) is 0 Å². The van der Waals surface area contributed by atoms with E-state index in [0.717, 1.165) is 10.7 Å². The Kier molecular flexibility index (Phi) is 4.89. The number of para-hydroxylation sites is 1. The summed E-state index contributed by atoms with van der Waals surface area (Å²) in [5.74, 6) is -1.30. The Morgan fingerprint density at radius 3 is 2.96 bits per heavy atom. The van der Waals surface area contributed by atoms with Gasteiger partial charge in [0, 0.05) is 31.3 Å². The van der Waals surface area contributed by atoms with Gasteiger partial charge in [0.05, 0.1) is 22.3 Å². The number of hydrogen-bond acceptors (Lipinski definition) is 4. The number of anilines is 1. The second kappa shape index (κ2) is 7.09. The smallest absolute Gasteiger partial charge is 0.227 e. The van der Waals surface area contributed by atoms with Crippen molar-refractivity contribution in [3.8, 4) is 0 Å². The molecular formula is C17H18FN3O2S. The number of benzene rings is 1. The Balaban J connectivity index is 1.55. The largest absolute Gasteiger partial charge is 0.355 e. The summed E-state index contributed by atoms with van der Waals surface area (Å²) in [6.07, 6.45) is 0.768. The van der Waals surface area contributed by atoms with Crippen LogP contribution in [-0.4, -0.2) is 29.9 Å². The molecular weight excluding hydrogens is 329 g/mol. The summed E-state index contributed by atoms with van der Waals surface area (Å²) in [5.41, 5.74) is 1.18. The third-order valence-corrected chi connectivity index (χ3v) is 4.81. The lowest BCUT2D eigenvalue weighted by molar-refractivity contribution is -0.126. The van der Waals surface area contributed by atoms with Gasteiger partial charge in [-0.2, -0.15) is 0 Å². The summed E-state index contributed by atoms with van der Waals surface area (Å²) in [4.78, 5) is 30.0. The van der Waals surface area contributed by atoms with Gasteiger partial charge in [-0.25, -0.2) is 9.37 Å². The Hall–Kier alpha value is -2.28. The molecule has 24 heavy (non-hydrogen) atoms. The zero-order valence-electron chi connectivity index (χ0n) is 13.3. The number of halogens is 1. The number of aryl methyl sites for hydroxylation is 1. The lowest BCUT2D eigenvalue weighted by atomic mass is 10.1. The molecule has 0 radical (unpaired) electrons. The Labute approximate surface area is 143 Å². The van der Waals surface area contributed by atoms with Gasteiger partial charge in [-0.3, -0.25) is 9.59 Å². The predicted molar refractivity (Wildman–Crippen MR) is 90.4 cm³/mol. The molecule has 0 aliphatic carbocycles. The predicted octanol–water partition coefficient (Wildman–Crippen LogP) is 2.30. The molecule has 1 aliphatic heterocycles. The van der Waals surface area contributed by atoms with Crippen molar-refractivity contribution in [2.75, 3.05) is 18.0 Å². The fraction of sp³-hybridized carbons (Fsp3) is 0.353. The van der Waals surface area contributed by atoms with Gasteiger partial charge in [0.2, 0.25) is 11.8 Å². The number of carbonyl (C=O) groups is 2.